The number of cyclic esters (lactones) is 1. The molecule has 36 heavy (non-hydrogen) atoms. The Morgan fingerprint density at radius 1 is 1.08 bits per heavy atom. The Balaban J connectivity index is 2.19. The van der Waals surface area contributed by atoms with Gasteiger partial charge in [0, 0.05) is 26.2 Å². The minimum Gasteiger partial charge on any atom is -0.487 e. The standard InChI is InChI=1S/C28H35FO7/c1-18(2)24-17-25(34-13-11-32-3)28(35-14-12-33-4)27(19-5-7-20(29)8-6-19)23(24)10-9-22-15-21(30)16-26(31)36-22/h5-10,17-18,21-22,30H,11-16H2,1-4H3/b10-9+/t21-,22-/m1/s1. The third-order valence-corrected chi connectivity index (χ3v) is 5.82. The molecule has 3 rings (SSSR count). The Hall–Kier alpha value is -2.94. The van der Waals surface area contributed by atoms with Crippen LogP contribution in [0.25, 0.3) is 17.2 Å². The predicted molar refractivity (Wildman–Crippen MR) is 135 cm³/mol. The maximum absolute atomic E-state index is 13.8. The average Bonchev–Trinajstić information content (AvgIpc) is 2.83. The quantitative estimate of drug-likeness (QED) is 0.331. The smallest absolute Gasteiger partial charge is 0.309 e. The van der Waals surface area contributed by atoms with E-state index in [0.29, 0.717) is 37.7 Å². The van der Waals surface area contributed by atoms with Crippen LogP contribution in [0.5, 0.6) is 11.5 Å². The normalized spacial score (nSPS) is 18.0. The highest BCUT2D eigenvalue weighted by Crippen LogP contribution is 2.45. The molecule has 2 atom stereocenters. The summed E-state index contributed by atoms with van der Waals surface area (Å²) in [6.07, 6.45) is 2.67. The molecule has 2 aromatic rings. The highest BCUT2D eigenvalue weighted by atomic mass is 19.1. The van der Waals surface area contributed by atoms with Crippen LogP contribution in [-0.2, 0) is 19.0 Å². The van der Waals surface area contributed by atoms with Crippen molar-refractivity contribution in [1.29, 1.82) is 0 Å². The minimum atomic E-state index is -0.744. The van der Waals surface area contributed by atoms with Gasteiger partial charge in [-0.1, -0.05) is 32.1 Å². The van der Waals surface area contributed by atoms with Gasteiger partial charge in [-0.05, 0) is 46.9 Å². The summed E-state index contributed by atoms with van der Waals surface area (Å²) in [5.41, 5.74) is 3.27. The second-order valence-corrected chi connectivity index (χ2v) is 8.91. The molecule has 1 fully saturated rings. The third-order valence-electron chi connectivity index (χ3n) is 5.82. The van der Waals surface area contributed by atoms with Crippen molar-refractivity contribution in [3.8, 4) is 22.6 Å². The number of esters is 1. The average molecular weight is 503 g/mol. The lowest BCUT2D eigenvalue weighted by Gasteiger charge is -2.25. The number of hydrogen-bond acceptors (Lipinski definition) is 7. The summed E-state index contributed by atoms with van der Waals surface area (Å²) in [6.45, 7) is 5.50. The van der Waals surface area contributed by atoms with Crippen LogP contribution < -0.4 is 9.47 Å². The molecule has 0 spiro atoms. The molecule has 0 unspecified atom stereocenters. The van der Waals surface area contributed by atoms with E-state index in [9.17, 15) is 14.3 Å². The highest BCUT2D eigenvalue weighted by Gasteiger charge is 2.27. The van der Waals surface area contributed by atoms with Crippen LogP contribution in [0.4, 0.5) is 4.39 Å². The van der Waals surface area contributed by atoms with Crippen molar-refractivity contribution in [2.45, 2.75) is 44.8 Å². The zero-order chi connectivity index (χ0) is 26.1. The van der Waals surface area contributed by atoms with Gasteiger partial charge >= 0.3 is 5.97 Å². The van der Waals surface area contributed by atoms with Gasteiger partial charge in [0.15, 0.2) is 11.5 Å². The van der Waals surface area contributed by atoms with Crippen molar-refractivity contribution >= 4 is 12.0 Å². The molecule has 0 saturated carbocycles. The van der Waals surface area contributed by atoms with E-state index >= 15 is 0 Å². The fourth-order valence-corrected chi connectivity index (χ4v) is 4.08. The molecule has 1 aliphatic heterocycles. The Morgan fingerprint density at radius 2 is 1.75 bits per heavy atom. The number of aliphatic hydroxyl groups excluding tert-OH is 1. The number of ether oxygens (including phenoxy) is 5. The number of carbonyl (C=O) groups excluding carboxylic acids is 1. The number of hydrogen-bond donors (Lipinski definition) is 1. The molecular weight excluding hydrogens is 467 g/mol. The molecule has 196 valence electrons. The summed E-state index contributed by atoms with van der Waals surface area (Å²) in [6, 6.07) is 8.12. The molecule has 8 heteroatoms. The van der Waals surface area contributed by atoms with E-state index in [1.807, 2.05) is 12.1 Å². The largest absolute Gasteiger partial charge is 0.487 e. The number of benzene rings is 2. The van der Waals surface area contributed by atoms with Crippen molar-refractivity contribution in [2.75, 3.05) is 40.6 Å². The Morgan fingerprint density at radius 3 is 2.36 bits per heavy atom. The summed E-state index contributed by atoms with van der Waals surface area (Å²) in [5.74, 6) is 0.359. The maximum Gasteiger partial charge on any atom is 0.309 e. The lowest BCUT2D eigenvalue weighted by molar-refractivity contribution is -0.156. The minimum absolute atomic E-state index is 0.00654. The number of carbonyl (C=O) groups is 1. The molecule has 1 heterocycles. The molecule has 0 amide bonds. The third kappa shape index (κ3) is 7.29. The van der Waals surface area contributed by atoms with Gasteiger partial charge < -0.3 is 28.8 Å². The van der Waals surface area contributed by atoms with Crippen LogP contribution in [0.1, 0.15) is 43.7 Å². The molecule has 0 bridgehead atoms. The van der Waals surface area contributed by atoms with Gasteiger partial charge in [0.1, 0.15) is 25.1 Å². The van der Waals surface area contributed by atoms with E-state index < -0.39 is 18.2 Å². The fraction of sp³-hybridized carbons (Fsp3) is 0.464. The first-order chi connectivity index (χ1) is 17.3. The summed E-state index contributed by atoms with van der Waals surface area (Å²) < 4.78 is 41.8. The van der Waals surface area contributed by atoms with E-state index in [1.54, 1.807) is 32.4 Å². The number of rotatable bonds is 12. The van der Waals surface area contributed by atoms with Gasteiger partial charge in [-0.25, -0.2) is 4.39 Å². The summed E-state index contributed by atoms with van der Waals surface area (Å²) in [7, 11) is 3.20. The first kappa shape index (κ1) is 27.6. The van der Waals surface area contributed by atoms with E-state index in [1.165, 1.54) is 12.1 Å². The fourth-order valence-electron chi connectivity index (χ4n) is 4.08. The van der Waals surface area contributed by atoms with Crippen LogP contribution >= 0.6 is 0 Å². The van der Waals surface area contributed by atoms with E-state index in [-0.39, 0.29) is 24.8 Å². The Bertz CT molecular complexity index is 1030. The van der Waals surface area contributed by atoms with Gasteiger partial charge in [-0.3, -0.25) is 4.79 Å². The maximum atomic E-state index is 13.8. The van der Waals surface area contributed by atoms with Crippen molar-refractivity contribution in [2.24, 2.45) is 0 Å². The van der Waals surface area contributed by atoms with Gasteiger partial charge in [-0.2, -0.15) is 0 Å². The van der Waals surface area contributed by atoms with E-state index in [2.05, 4.69) is 13.8 Å². The summed E-state index contributed by atoms with van der Waals surface area (Å²) in [5, 5.41) is 10.0. The molecule has 1 N–H and O–H groups in total. The summed E-state index contributed by atoms with van der Waals surface area (Å²) >= 11 is 0. The first-order valence-corrected chi connectivity index (χ1v) is 12.1. The topological polar surface area (TPSA) is 83.5 Å². The molecule has 0 radical (unpaired) electrons. The molecule has 2 aromatic carbocycles. The number of halogens is 1. The van der Waals surface area contributed by atoms with E-state index in [4.69, 9.17) is 23.7 Å². The van der Waals surface area contributed by atoms with Crippen molar-refractivity contribution in [3.05, 3.63) is 53.4 Å². The van der Waals surface area contributed by atoms with E-state index in [0.717, 1.165) is 22.3 Å². The Labute approximate surface area is 211 Å². The van der Waals surface area contributed by atoms with Crippen LogP contribution in [-0.4, -0.2) is 63.9 Å². The molecule has 7 nitrogen and oxygen atoms in total. The first-order valence-electron chi connectivity index (χ1n) is 12.1. The van der Waals surface area contributed by atoms with Gasteiger partial charge in [0.05, 0.1) is 25.7 Å². The molecule has 0 aliphatic carbocycles. The lowest BCUT2D eigenvalue weighted by Crippen LogP contribution is -2.31. The monoisotopic (exact) mass is 502 g/mol. The van der Waals surface area contributed by atoms with Gasteiger partial charge in [-0.15, -0.1) is 0 Å². The molecular formula is C28H35FO7. The SMILES string of the molecule is COCCOc1cc(C(C)C)c(/C=C/[C@@H]2C[C@@H](O)CC(=O)O2)c(-c2ccc(F)cc2)c1OCCOC. The van der Waals surface area contributed by atoms with Crippen molar-refractivity contribution < 1.29 is 38.0 Å². The summed E-state index contributed by atoms with van der Waals surface area (Å²) in [4.78, 5) is 11.9. The Kier molecular flexibility index (Phi) is 10.3. The van der Waals surface area contributed by atoms with Crippen LogP contribution in [0.15, 0.2) is 36.4 Å². The van der Waals surface area contributed by atoms with Crippen molar-refractivity contribution in [3.63, 3.8) is 0 Å². The molecule has 0 aromatic heterocycles. The molecule has 1 aliphatic rings. The van der Waals surface area contributed by atoms with Crippen molar-refractivity contribution in [1.82, 2.24) is 0 Å². The highest BCUT2D eigenvalue weighted by molar-refractivity contribution is 5.85. The zero-order valence-electron chi connectivity index (χ0n) is 21.3. The second-order valence-electron chi connectivity index (χ2n) is 8.91. The van der Waals surface area contributed by atoms with Gasteiger partial charge in [0.25, 0.3) is 0 Å². The number of methoxy groups -OCH3 is 2. The van der Waals surface area contributed by atoms with Crippen LogP contribution in [0.2, 0.25) is 0 Å². The molecule has 1 saturated heterocycles. The lowest BCUT2D eigenvalue weighted by atomic mass is 9.88. The van der Waals surface area contributed by atoms with Crippen LogP contribution in [0.3, 0.4) is 0 Å². The predicted octanol–water partition coefficient (Wildman–Crippen LogP) is 4.75. The zero-order valence-corrected chi connectivity index (χ0v) is 21.3. The second kappa shape index (κ2) is 13.4. The van der Waals surface area contributed by atoms with Gasteiger partial charge in [0.2, 0.25) is 0 Å². The van der Waals surface area contributed by atoms with Crippen LogP contribution in [0, 0.1) is 5.82 Å². The number of aliphatic hydroxyl groups is 1.